The third-order valence-electron chi connectivity index (χ3n) is 4.20. The van der Waals surface area contributed by atoms with Crippen molar-refractivity contribution in [3.63, 3.8) is 0 Å². The van der Waals surface area contributed by atoms with Gasteiger partial charge in [0.1, 0.15) is 5.75 Å². The maximum Gasteiger partial charge on any atom is 0.337 e. The SMILES string of the molecule is C=C(c1ccc2cc(OC)ccc2c1)c1cc(C(=O)OC)ccc1N. The van der Waals surface area contributed by atoms with Crippen molar-refractivity contribution in [3.8, 4) is 5.75 Å². The van der Waals surface area contributed by atoms with Gasteiger partial charge in [-0.3, -0.25) is 0 Å². The highest BCUT2D eigenvalue weighted by Gasteiger charge is 2.12. The van der Waals surface area contributed by atoms with Gasteiger partial charge in [-0.05, 0) is 58.3 Å². The van der Waals surface area contributed by atoms with Crippen LogP contribution in [0.3, 0.4) is 0 Å². The van der Waals surface area contributed by atoms with Crippen molar-refractivity contribution in [2.45, 2.75) is 0 Å². The van der Waals surface area contributed by atoms with E-state index in [-0.39, 0.29) is 0 Å². The molecule has 0 aliphatic carbocycles. The Balaban J connectivity index is 2.03. The van der Waals surface area contributed by atoms with Gasteiger partial charge in [0, 0.05) is 11.3 Å². The van der Waals surface area contributed by atoms with Crippen LogP contribution in [0.5, 0.6) is 5.75 Å². The van der Waals surface area contributed by atoms with Gasteiger partial charge in [0.2, 0.25) is 0 Å². The largest absolute Gasteiger partial charge is 0.497 e. The molecular formula is C21H19NO3. The third kappa shape index (κ3) is 3.19. The zero-order valence-corrected chi connectivity index (χ0v) is 14.2. The molecule has 126 valence electrons. The topological polar surface area (TPSA) is 61.5 Å². The number of rotatable bonds is 4. The van der Waals surface area contributed by atoms with E-state index in [4.69, 9.17) is 15.2 Å². The Kier molecular flexibility index (Phi) is 4.44. The van der Waals surface area contributed by atoms with Gasteiger partial charge in [-0.25, -0.2) is 4.79 Å². The van der Waals surface area contributed by atoms with Gasteiger partial charge >= 0.3 is 5.97 Å². The number of esters is 1. The van der Waals surface area contributed by atoms with E-state index in [1.807, 2.05) is 36.4 Å². The molecule has 0 aromatic heterocycles. The van der Waals surface area contributed by atoms with Gasteiger partial charge in [-0.15, -0.1) is 0 Å². The summed E-state index contributed by atoms with van der Waals surface area (Å²) in [5, 5.41) is 2.15. The fourth-order valence-corrected chi connectivity index (χ4v) is 2.76. The van der Waals surface area contributed by atoms with Gasteiger partial charge in [0.15, 0.2) is 0 Å². The summed E-state index contributed by atoms with van der Waals surface area (Å²) >= 11 is 0. The number of carbonyl (C=O) groups is 1. The van der Waals surface area contributed by atoms with Gasteiger partial charge in [0.25, 0.3) is 0 Å². The zero-order valence-electron chi connectivity index (χ0n) is 14.2. The van der Waals surface area contributed by atoms with E-state index >= 15 is 0 Å². The molecular weight excluding hydrogens is 314 g/mol. The molecule has 0 saturated carbocycles. The summed E-state index contributed by atoms with van der Waals surface area (Å²) in [5.74, 6) is 0.411. The van der Waals surface area contributed by atoms with Crippen LogP contribution in [-0.2, 0) is 4.74 Å². The number of methoxy groups -OCH3 is 2. The molecule has 0 unspecified atom stereocenters. The van der Waals surface area contributed by atoms with Crippen molar-refractivity contribution in [2.24, 2.45) is 0 Å². The van der Waals surface area contributed by atoms with E-state index < -0.39 is 5.97 Å². The lowest BCUT2D eigenvalue weighted by molar-refractivity contribution is 0.0600. The molecule has 0 heterocycles. The monoisotopic (exact) mass is 333 g/mol. The van der Waals surface area contributed by atoms with E-state index in [1.165, 1.54) is 7.11 Å². The van der Waals surface area contributed by atoms with Crippen LogP contribution >= 0.6 is 0 Å². The second-order valence-electron chi connectivity index (χ2n) is 5.70. The van der Waals surface area contributed by atoms with Crippen LogP contribution in [0, 0.1) is 0 Å². The highest BCUT2D eigenvalue weighted by atomic mass is 16.5. The van der Waals surface area contributed by atoms with Crippen molar-refractivity contribution in [3.05, 3.63) is 77.9 Å². The first-order chi connectivity index (χ1) is 12.0. The number of nitrogen functional groups attached to an aromatic ring is 1. The molecule has 25 heavy (non-hydrogen) atoms. The minimum absolute atomic E-state index is 0.403. The number of carbonyl (C=O) groups excluding carboxylic acids is 1. The molecule has 3 aromatic rings. The fraction of sp³-hybridized carbons (Fsp3) is 0.0952. The second-order valence-corrected chi connectivity index (χ2v) is 5.70. The lowest BCUT2D eigenvalue weighted by Gasteiger charge is -2.12. The van der Waals surface area contributed by atoms with Crippen molar-refractivity contribution >= 4 is 28.0 Å². The highest BCUT2D eigenvalue weighted by Crippen LogP contribution is 2.30. The summed E-state index contributed by atoms with van der Waals surface area (Å²) in [7, 11) is 3.00. The molecule has 0 spiro atoms. The molecule has 0 radical (unpaired) electrons. The molecule has 3 rings (SSSR count). The number of fused-ring (bicyclic) bond motifs is 1. The van der Waals surface area contributed by atoms with Crippen molar-refractivity contribution < 1.29 is 14.3 Å². The number of anilines is 1. The first-order valence-corrected chi connectivity index (χ1v) is 7.79. The van der Waals surface area contributed by atoms with Gasteiger partial charge in [0.05, 0.1) is 19.8 Å². The molecule has 3 aromatic carbocycles. The maximum atomic E-state index is 11.8. The Hall–Kier alpha value is -3.27. The zero-order chi connectivity index (χ0) is 18.0. The predicted molar refractivity (Wildman–Crippen MR) is 101 cm³/mol. The Morgan fingerprint density at radius 1 is 0.920 bits per heavy atom. The van der Waals surface area contributed by atoms with Crippen LogP contribution in [0.2, 0.25) is 0 Å². The Morgan fingerprint density at radius 2 is 1.60 bits per heavy atom. The Bertz CT molecular complexity index is 976. The summed E-state index contributed by atoms with van der Waals surface area (Å²) in [5.41, 5.74) is 9.50. The molecule has 0 bridgehead atoms. The quantitative estimate of drug-likeness (QED) is 0.572. The molecule has 0 atom stereocenters. The van der Waals surface area contributed by atoms with Crippen LogP contribution in [-0.4, -0.2) is 20.2 Å². The van der Waals surface area contributed by atoms with E-state index in [0.29, 0.717) is 11.3 Å². The van der Waals surface area contributed by atoms with Crippen molar-refractivity contribution in [1.82, 2.24) is 0 Å². The van der Waals surface area contributed by atoms with Crippen LogP contribution < -0.4 is 10.5 Å². The van der Waals surface area contributed by atoms with E-state index in [2.05, 4.69) is 6.58 Å². The molecule has 0 fully saturated rings. The number of ether oxygens (including phenoxy) is 2. The minimum atomic E-state index is -0.403. The summed E-state index contributed by atoms with van der Waals surface area (Å²) in [4.78, 5) is 11.8. The van der Waals surface area contributed by atoms with Crippen LogP contribution in [0.1, 0.15) is 21.5 Å². The van der Waals surface area contributed by atoms with Gasteiger partial charge in [-0.1, -0.05) is 24.8 Å². The molecule has 0 aliphatic heterocycles. The van der Waals surface area contributed by atoms with Crippen molar-refractivity contribution in [2.75, 3.05) is 20.0 Å². The smallest absolute Gasteiger partial charge is 0.337 e. The molecule has 4 heteroatoms. The number of hydrogen-bond donors (Lipinski definition) is 1. The highest BCUT2D eigenvalue weighted by molar-refractivity contribution is 5.95. The number of benzene rings is 3. The first-order valence-electron chi connectivity index (χ1n) is 7.79. The van der Waals surface area contributed by atoms with Crippen molar-refractivity contribution in [1.29, 1.82) is 0 Å². The summed E-state index contributed by atoms with van der Waals surface area (Å²) in [6.45, 7) is 4.17. The summed E-state index contributed by atoms with van der Waals surface area (Å²) < 4.78 is 10.0. The van der Waals surface area contributed by atoms with Gasteiger partial charge in [-0.2, -0.15) is 0 Å². The predicted octanol–water partition coefficient (Wildman–Crippen LogP) is 4.28. The summed E-state index contributed by atoms with van der Waals surface area (Å²) in [6.07, 6.45) is 0. The molecule has 0 aliphatic rings. The maximum absolute atomic E-state index is 11.8. The molecule has 4 nitrogen and oxygen atoms in total. The van der Waals surface area contributed by atoms with Crippen LogP contribution in [0.4, 0.5) is 5.69 Å². The Labute approximate surface area is 146 Å². The van der Waals surface area contributed by atoms with Crippen LogP contribution in [0.15, 0.2) is 61.2 Å². The normalized spacial score (nSPS) is 10.5. The number of hydrogen-bond acceptors (Lipinski definition) is 4. The summed E-state index contributed by atoms with van der Waals surface area (Å²) in [6, 6.07) is 17.0. The Morgan fingerprint density at radius 3 is 2.32 bits per heavy atom. The first kappa shape index (κ1) is 16.6. The average Bonchev–Trinajstić information content (AvgIpc) is 2.66. The molecule has 0 amide bonds. The van der Waals surface area contributed by atoms with Crippen LogP contribution in [0.25, 0.3) is 16.3 Å². The number of nitrogens with two attached hydrogens (primary N) is 1. The van der Waals surface area contributed by atoms with Gasteiger partial charge < -0.3 is 15.2 Å². The van der Waals surface area contributed by atoms with E-state index in [1.54, 1.807) is 25.3 Å². The third-order valence-corrected chi connectivity index (χ3v) is 4.20. The van der Waals surface area contributed by atoms with E-state index in [0.717, 1.165) is 33.2 Å². The molecule has 0 saturated heterocycles. The minimum Gasteiger partial charge on any atom is -0.497 e. The van der Waals surface area contributed by atoms with E-state index in [9.17, 15) is 4.79 Å². The average molecular weight is 333 g/mol. The second kappa shape index (κ2) is 6.69. The fourth-order valence-electron chi connectivity index (χ4n) is 2.76. The standard InChI is InChI=1S/C21H19NO3/c1-13(19-12-17(21(23)25-3)7-9-20(19)22)14-4-5-16-11-18(24-2)8-6-15(16)10-14/h4-12H,1,22H2,2-3H3. The molecule has 2 N–H and O–H groups in total. The lowest BCUT2D eigenvalue weighted by atomic mass is 9.94. The lowest BCUT2D eigenvalue weighted by Crippen LogP contribution is -2.04.